The maximum atomic E-state index is 13.5. The van der Waals surface area contributed by atoms with Crippen molar-refractivity contribution >= 4 is 8.07 Å². The minimum Gasteiger partial charge on any atom is -0.360 e. The highest BCUT2D eigenvalue weighted by Crippen LogP contribution is 2.17. The highest BCUT2D eigenvalue weighted by atomic mass is 28.3. The SMILES string of the molecule is Cc1ccc(-c2cnn(COCC[Si](C)(C)C)c2)nc1F. The molecule has 0 aromatic carbocycles. The summed E-state index contributed by atoms with van der Waals surface area (Å²) in [7, 11) is -1.06. The molecular formula is C15H22FN3OSi. The fourth-order valence-corrected chi connectivity index (χ4v) is 2.52. The van der Waals surface area contributed by atoms with E-state index >= 15 is 0 Å². The maximum Gasteiger partial charge on any atom is 0.216 e. The molecule has 6 heteroatoms. The summed E-state index contributed by atoms with van der Waals surface area (Å²) < 4.78 is 20.8. The van der Waals surface area contributed by atoms with Gasteiger partial charge in [0.05, 0.1) is 11.9 Å². The van der Waals surface area contributed by atoms with Gasteiger partial charge < -0.3 is 4.74 Å². The van der Waals surface area contributed by atoms with Gasteiger partial charge in [-0.15, -0.1) is 0 Å². The van der Waals surface area contributed by atoms with Gasteiger partial charge in [-0.1, -0.05) is 25.7 Å². The standard InChI is InChI=1S/C15H22FN3OSi/c1-12-5-6-14(18-15(12)16)13-9-17-19(10-13)11-20-7-8-21(2,3)4/h5-6,9-10H,7-8,11H2,1-4H3. The fraction of sp³-hybridized carbons (Fsp3) is 0.467. The van der Waals surface area contributed by atoms with Crippen molar-refractivity contribution in [2.75, 3.05) is 6.61 Å². The lowest BCUT2D eigenvalue weighted by Crippen LogP contribution is -2.22. The zero-order chi connectivity index (χ0) is 15.5. The lowest BCUT2D eigenvalue weighted by atomic mass is 10.2. The van der Waals surface area contributed by atoms with E-state index in [0.29, 0.717) is 18.0 Å². The van der Waals surface area contributed by atoms with E-state index in [-0.39, 0.29) is 0 Å². The summed E-state index contributed by atoms with van der Waals surface area (Å²) in [4.78, 5) is 3.93. The van der Waals surface area contributed by atoms with Crippen molar-refractivity contribution < 1.29 is 9.13 Å². The zero-order valence-electron chi connectivity index (χ0n) is 13.1. The molecule has 2 rings (SSSR count). The highest BCUT2D eigenvalue weighted by molar-refractivity contribution is 6.76. The van der Waals surface area contributed by atoms with E-state index < -0.39 is 14.0 Å². The molecule has 114 valence electrons. The van der Waals surface area contributed by atoms with Crippen molar-refractivity contribution in [3.8, 4) is 11.3 Å². The quantitative estimate of drug-likeness (QED) is 0.464. The summed E-state index contributed by atoms with van der Waals surface area (Å²) in [5.74, 6) is -0.438. The maximum absolute atomic E-state index is 13.5. The van der Waals surface area contributed by atoms with E-state index in [9.17, 15) is 4.39 Å². The van der Waals surface area contributed by atoms with E-state index in [1.54, 1.807) is 29.9 Å². The summed E-state index contributed by atoms with van der Waals surface area (Å²) in [6, 6.07) is 4.65. The number of pyridine rings is 1. The minimum atomic E-state index is -1.06. The molecule has 0 amide bonds. The first kappa shape index (κ1) is 15.8. The van der Waals surface area contributed by atoms with Crippen LogP contribution in [0, 0.1) is 12.9 Å². The Morgan fingerprint density at radius 1 is 1.29 bits per heavy atom. The average Bonchev–Trinajstić information content (AvgIpc) is 2.86. The summed E-state index contributed by atoms with van der Waals surface area (Å²) >= 11 is 0. The fourth-order valence-electron chi connectivity index (χ4n) is 1.77. The molecule has 0 saturated carbocycles. The van der Waals surface area contributed by atoms with E-state index in [1.807, 2.05) is 6.20 Å². The van der Waals surface area contributed by atoms with Gasteiger partial charge in [-0.2, -0.15) is 9.49 Å². The van der Waals surface area contributed by atoms with E-state index in [2.05, 4.69) is 29.7 Å². The number of rotatable bonds is 6. The Balaban J connectivity index is 1.93. The Labute approximate surface area is 126 Å². The van der Waals surface area contributed by atoms with Crippen molar-refractivity contribution in [1.29, 1.82) is 0 Å². The third kappa shape index (κ3) is 4.75. The molecule has 21 heavy (non-hydrogen) atoms. The van der Waals surface area contributed by atoms with Gasteiger partial charge in [0.2, 0.25) is 5.95 Å². The van der Waals surface area contributed by atoms with Crippen LogP contribution in [0.5, 0.6) is 0 Å². The van der Waals surface area contributed by atoms with Gasteiger partial charge >= 0.3 is 0 Å². The second-order valence-electron chi connectivity index (χ2n) is 6.42. The van der Waals surface area contributed by atoms with E-state index in [1.165, 1.54) is 0 Å². The van der Waals surface area contributed by atoms with Crippen molar-refractivity contribution in [3.63, 3.8) is 0 Å². The van der Waals surface area contributed by atoms with Gasteiger partial charge in [0.15, 0.2) is 0 Å². The topological polar surface area (TPSA) is 39.9 Å². The molecule has 2 aromatic rings. The van der Waals surface area contributed by atoms with Crippen LogP contribution in [0.4, 0.5) is 4.39 Å². The summed E-state index contributed by atoms with van der Waals surface area (Å²) in [6.07, 6.45) is 3.50. The summed E-state index contributed by atoms with van der Waals surface area (Å²) in [6.45, 7) is 9.82. The molecule has 2 aromatic heterocycles. The van der Waals surface area contributed by atoms with Crippen LogP contribution in [0.25, 0.3) is 11.3 Å². The third-order valence-electron chi connectivity index (χ3n) is 3.18. The highest BCUT2D eigenvalue weighted by Gasteiger charge is 2.12. The van der Waals surface area contributed by atoms with Crippen LogP contribution < -0.4 is 0 Å². The van der Waals surface area contributed by atoms with Crippen molar-refractivity contribution in [1.82, 2.24) is 14.8 Å². The van der Waals surface area contributed by atoms with Crippen LogP contribution >= 0.6 is 0 Å². The van der Waals surface area contributed by atoms with Crippen molar-refractivity contribution in [2.24, 2.45) is 0 Å². The molecule has 0 aliphatic rings. The molecule has 0 aliphatic heterocycles. The van der Waals surface area contributed by atoms with Crippen LogP contribution in [-0.4, -0.2) is 29.4 Å². The zero-order valence-corrected chi connectivity index (χ0v) is 14.1. The second-order valence-corrected chi connectivity index (χ2v) is 12.0. The molecular weight excluding hydrogens is 285 g/mol. The third-order valence-corrected chi connectivity index (χ3v) is 4.89. The molecule has 0 N–H and O–H groups in total. The number of halogens is 1. The molecule has 0 atom stereocenters. The van der Waals surface area contributed by atoms with Crippen LogP contribution in [0.3, 0.4) is 0 Å². The number of aromatic nitrogens is 3. The Morgan fingerprint density at radius 3 is 2.71 bits per heavy atom. The predicted octanol–water partition coefficient (Wildman–Crippen LogP) is 3.70. The van der Waals surface area contributed by atoms with E-state index in [4.69, 9.17) is 4.74 Å². The largest absolute Gasteiger partial charge is 0.360 e. The smallest absolute Gasteiger partial charge is 0.216 e. The van der Waals surface area contributed by atoms with E-state index in [0.717, 1.165) is 18.2 Å². The lowest BCUT2D eigenvalue weighted by molar-refractivity contribution is 0.0786. The Hall–Kier alpha value is -1.53. The lowest BCUT2D eigenvalue weighted by Gasteiger charge is -2.15. The molecule has 0 bridgehead atoms. The number of ether oxygens (including phenoxy) is 1. The number of hydrogen-bond acceptors (Lipinski definition) is 3. The first-order valence-corrected chi connectivity index (χ1v) is 10.8. The molecule has 0 fully saturated rings. The van der Waals surface area contributed by atoms with Crippen LogP contribution in [-0.2, 0) is 11.5 Å². The van der Waals surface area contributed by atoms with Gasteiger partial charge in [0.1, 0.15) is 6.73 Å². The van der Waals surface area contributed by atoms with Gasteiger partial charge in [-0.25, -0.2) is 9.67 Å². The Bertz CT molecular complexity index is 607. The van der Waals surface area contributed by atoms with Gasteiger partial charge in [-0.05, 0) is 19.0 Å². The first-order chi connectivity index (χ1) is 9.85. The van der Waals surface area contributed by atoms with Crippen LogP contribution in [0.2, 0.25) is 25.7 Å². The van der Waals surface area contributed by atoms with Crippen LogP contribution in [0.1, 0.15) is 5.56 Å². The minimum absolute atomic E-state index is 0.415. The normalized spacial score (nSPS) is 11.9. The number of aryl methyl sites for hydroxylation is 1. The average molecular weight is 307 g/mol. The molecule has 0 unspecified atom stereocenters. The van der Waals surface area contributed by atoms with Crippen molar-refractivity contribution in [2.45, 2.75) is 39.3 Å². The Kier molecular flexibility index (Phi) is 4.90. The molecule has 0 saturated heterocycles. The summed E-state index contributed by atoms with van der Waals surface area (Å²) in [5, 5.41) is 4.22. The molecule has 4 nitrogen and oxygen atoms in total. The molecule has 2 heterocycles. The molecule has 0 spiro atoms. The van der Waals surface area contributed by atoms with Crippen molar-refractivity contribution in [3.05, 3.63) is 36.0 Å². The molecule has 0 aliphatic carbocycles. The summed E-state index contributed by atoms with van der Waals surface area (Å²) in [5.41, 5.74) is 1.93. The van der Waals surface area contributed by atoms with Gasteiger partial charge in [0, 0.05) is 32.0 Å². The predicted molar refractivity (Wildman–Crippen MR) is 84.3 cm³/mol. The molecule has 0 radical (unpaired) electrons. The van der Waals surface area contributed by atoms with Gasteiger partial charge in [-0.3, -0.25) is 0 Å². The second kappa shape index (κ2) is 6.49. The van der Waals surface area contributed by atoms with Gasteiger partial charge in [0.25, 0.3) is 0 Å². The Morgan fingerprint density at radius 2 is 2.05 bits per heavy atom. The van der Waals surface area contributed by atoms with Crippen LogP contribution in [0.15, 0.2) is 24.5 Å². The number of hydrogen-bond donors (Lipinski definition) is 0. The number of nitrogens with zero attached hydrogens (tertiary/aromatic N) is 3. The first-order valence-electron chi connectivity index (χ1n) is 7.09. The monoisotopic (exact) mass is 307 g/mol.